The van der Waals surface area contributed by atoms with Crippen molar-refractivity contribution in [3.05, 3.63) is 71.6 Å². The molecule has 0 radical (unpaired) electrons. The molecule has 2 aromatic carbocycles. The third-order valence-electron chi connectivity index (χ3n) is 5.23. The number of oxazole rings is 1. The van der Waals surface area contributed by atoms with E-state index in [0.717, 1.165) is 29.0 Å². The highest BCUT2D eigenvalue weighted by Crippen LogP contribution is 2.27. The van der Waals surface area contributed by atoms with Crippen LogP contribution in [0.15, 0.2) is 59.2 Å². The average molecular weight is 392 g/mol. The van der Waals surface area contributed by atoms with E-state index in [1.807, 2.05) is 55.5 Å². The number of nitrogens with one attached hydrogen (secondary N) is 1. The van der Waals surface area contributed by atoms with Crippen molar-refractivity contribution in [3.8, 4) is 17.2 Å². The summed E-state index contributed by atoms with van der Waals surface area (Å²) in [6.45, 7) is 3.06. The van der Waals surface area contributed by atoms with Gasteiger partial charge in [0.1, 0.15) is 30.4 Å². The van der Waals surface area contributed by atoms with Crippen LogP contribution in [-0.2, 0) is 17.8 Å². The van der Waals surface area contributed by atoms with Gasteiger partial charge in [-0.25, -0.2) is 4.98 Å². The zero-order valence-electron chi connectivity index (χ0n) is 16.3. The fraction of sp³-hybridized carbons (Fsp3) is 0.304. The van der Waals surface area contributed by atoms with E-state index < -0.39 is 12.0 Å². The van der Waals surface area contributed by atoms with Crippen molar-refractivity contribution in [3.63, 3.8) is 0 Å². The summed E-state index contributed by atoms with van der Waals surface area (Å²) in [5, 5.41) is 12.2. The van der Waals surface area contributed by atoms with Gasteiger partial charge < -0.3 is 19.6 Å². The van der Waals surface area contributed by atoms with Gasteiger partial charge in [0, 0.05) is 5.56 Å². The molecule has 4 rings (SSSR count). The zero-order chi connectivity index (χ0) is 20.2. The van der Waals surface area contributed by atoms with Gasteiger partial charge >= 0.3 is 5.97 Å². The van der Waals surface area contributed by atoms with Gasteiger partial charge in [-0.1, -0.05) is 35.9 Å². The van der Waals surface area contributed by atoms with Crippen molar-refractivity contribution in [1.82, 2.24) is 10.3 Å². The van der Waals surface area contributed by atoms with Crippen LogP contribution in [0.25, 0.3) is 11.5 Å². The highest BCUT2D eigenvalue weighted by Gasteiger charge is 2.29. The molecule has 29 heavy (non-hydrogen) atoms. The molecule has 1 aliphatic heterocycles. The summed E-state index contributed by atoms with van der Waals surface area (Å²) in [4.78, 5) is 15.7. The SMILES string of the molecule is Cc1ccc(-c2nc(COc3ccccc3CC3CNC(C(=O)O)C3)co2)cc1. The van der Waals surface area contributed by atoms with Gasteiger partial charge in [-0.2, -0.15) is 0 Å². The highest BCUT2D eigenvalue weighted by molar-refractivity contribution is 5.73. The molecule has 2 N–H and O–H groups in total. The maximum Gasteiger partial charge on any atom is 0.320 e. The number of rotatable bonds is 7. The van der Waals surface area contributed by atoms with E-state index in [9.17, 15) is 4.79 Å². The lowest BCUT2D eigenvalue weighted by Crippen LogP contribution is -2.29. The van der Waals surface area contributed by atoms with Crippen LogP contribution in [0.2, 0.25) is 0 Å². The van der Waals surface area contributed by atoms with E-state index in [-0.39, 0.29) is 5.92 Å². The van der Waals surface area contributed by atoms with E-state index >= 15 is 0 Å². The van der Waals surface area contributed by atoms with Crippen molar-refractivity contribution in [2.24, 2.45) is 5.92 Å². The van der Waals surface area contributed by atoms with Crippen LogP contribution in [0.4, 0.5) is 0 Å². The van der Waals surface area contributed by atoms with Crippen molar-refractivity contribution in [1.29, 1.82) is 0 Å². The highest BCUT2D eigenvalue weighted by atomic mass is 16.5. The Balaban J connectivity index is 1.39. The van der Waals surface area contributed by atoms with Crippen molar-refractivity contribution < 1.29 is 19.1 Å². The lowest BCUT2D eigenvalue weighted by Gasteiger charge is -2.13. The summed E-state index contributed by atoms with van der Waals surface area (Å²) in [5.74, 6) is 0.869. The second kappa shape index (κ2) is 8.49. The van der Waals surface area contributed by atoms with E-state index in [1.54, 1.807) is 6.26 Å². The fourth-order valence-corrected chi connectivity index (χ4v) is 3.63. The lowest BCUT2D eigenvalue weighted by atomic mass is 9.96. The fourth-order valence-electron chi connectivity index (χ4n) is 3.63. The Labute approximate surface area is 169 Å². The Morgan fingerprint density at radius 2 is 2.03 bits per heavy atom. The first-order valence-corrected chi connectivity index (χ1v) is 9.77. The molecule has 0 amide bonds. The van der Waals surface area contributed by atoms with E-state index in [1.165, 1.54) is 5.56 Å². The van der Waals surface area contributed by atoms with Gasteiger partial charge in [0.25, 0.3) is 0 Å². The molecule has 2 heterocycles. The number of para-hydroxylation sites is 1. The number of carbonyl (C=O) groups is 1. The van der Waals surface area contributed by atoms with Crippen LogP contribution in [0.5, 0.6) is 5.75 Å². The van der Waals surface area contributed by atoms with E-state index in [0.29, 0.717) is 25.5 Å². The molecule has 0 bridgehead atoms. The van der Waals surface area contributed by atoms with Crippen LogP contribution in [0.3, 0.4) is 0 Å². The predicted octanol–water partition coefficient (Wildman–Crippen LogP) is 3.83. The Kier molecular flexibility index (Phi) is 5.62. The first-order valence-electron chi connectivity index (χ1n) is 9.77. The van der Waals surface area contributed by atoms with Crippen molar-refractivity contribution in [2.75, 3.05) is 6.54 Å². The Morgan fingerprint density at radius 1 is 1.24 bits per heavy atom. The summed E-state index contributed by atoms with van der Waals surface area (Å²) in [6, 6.07) is 15.5. The molecule has 3 aromatic rings. The molecule has 2 atom stereocenters. The molecule has 1 fully saturated rings. The van der Waals surface area contributed by atoms with E-state index in [2.05, 4.69) is 10.3 Å². The maximum absolute atomic E-state index is 11.1. The molecule has 0 saturated carbocycles. The number of benzene rings is 2. The van der Waals surface area contributed by atoms with Gasteiger partial charge in [0.2, 0.25) is 5.89 Å². The summed E-state index contributed by atoms with van der Waals surface area (Å²) in [6.07, 6.45) is 3.03. The summed E-state index contributed by atoms with van der Waals surface area (Å²) >= 11 is 0. The molecule has 1 aromatic heterocycles. The van der Waals surface area contributed by atoms with Gasteiger partial charge in [-0.3, -0.25) is 4.79 Å². The van der Waals surface area contributed by atoms with Crippen LogP contribution in [0.1, 0.15) is 23.2 Å². The Hall–Kier alpha value is -3.12. The van der Waals surface area contributed by atoms with Gasteiger partial charge in [0.05, 0.1) is 0 Å². The van der Waals surface area contributed by atoms with Crippen LogP contribution < -0.4 is 10.1 Å². The minimum absolute atomic E-state index is 0.279. The normalized spacial score (nSPS) is 18.7. The first-order chi connectivity index (χ1) is 14.1. The van der Waals surface area contributed by atoms with Crippen LogP contribution >= 0.6 is 0 Å². The van der Waals surface area contributed by atoms with Gasteiger partial charge in [-0.15, -0.1) is 0 Å². The Morgan fingerprint density at radius 3 is 2.79 bits per heavy atom. The lowest BCUT2D eigenvalue weighted by molar-refractivity contribution is -0.139. The number of ether oxygens (including phenoxy) is 1. The number of nitrogens with zero attached hydrogens (tertiary/aromatic N) is 1. The minimum atomic E-state index is -0.785. The molecular weight excluding hydrogens is 368 g/mol. The molecule has 150 valence electrons. The van der Waals surface area contributed by atoms with Crippen molar-refractivity contribution in [2.45, 2.75) is 32.4 Å². The van der Waals surface area contributed by atoms with E-state index in [4.69, 9.17) is 14.3 Å². The molecular formula is C23H24N2O4. The minimum Gasteiger partial charge on any atom is -0.487 e. The molecule has 1 saturated heterocycles. The predicted molar refractivity (Wildman–Crippen MR) is 109 cm³/mol. The van der Waals surface area contributed by atoms with Gasteiger partial charge in [0.15, 0.2) is 0 Å². The molecule has 0 aliphatic carbocycles. The third kappa shape index (κ3) is 4.66. The quantitative estimate of drug-likeness (QED) is 0.636. The monoisotopic (exact) mass is 392 g/mol. The molecule has 6 heteroatoms. The standard InChI is InChI=1S/C23H24N2O4/c1-15-6-8-17(9-7-15)22-25-19(14-29-22)13-28-21-5-3-2-4-18(21)10-16-11-20(23(26)27)24-12-16/h2-9,14,16,20,24H,10-13H2,1H3,(H,26,27). The van der Waals surface area contributed by atoms with Crippen LogP contribution in [0, 0.1) is 12.8 Å². The summed E-state index contributed by atoms with van der Waals surface area (Å²) in [7, 11) is 0. The molecule has 0 spiro atoms. The smallest absolute Gasteiger partial charge is 0.320 e. The third-order valence-corrected chi connectivity index (χ3v) is 5.23. The zero-order valence-corrected chi connectivity index (χ0v) is 16.3. The second-order valence-corrected chi connectivity index (χ2v) is 7.51. The number of aliphatic carboxylic acids is 1. The second-order valence-electron chi connectivity index (χ2n) is 7.51. The number of carboxylic acids is 1. The number of aryl methyl sites for hydroxylation is 1. The molecule has 2 unspecified atom stereocenters. The van der Waals surface area contributed by atoms with Crippen LogP contribution in [-0.4, -0.2) is 28.6 Å². The first kappa shape index (κ1) is 19.2. The Bertz CT molecular complexity index is 981. The molecule has 6 nitrogen and oxygen atoms in total. The topological polar surface area (TPSA) is 84.6 Å². The van der Waals surface area contributed by atoms with Gasteiger partial charge in [-0.05, 0) is 56.0 Å². The number of aromatic nitrogens is 1. The van der Waals surface area contributed by atoms with Crippen molar-refractivity contribution >= 4 is 5.97 Å². The number of hydrogen-bond donors (Lipinski definition) is 2. The molecule has 1 aliphatic rings. The largest absolute Gasteiger partial charge is 0.487 e. The summed E-state index contributed by atoms with van der Waals surface area (Å²) in [5.41, 5.74) is 3.92. The number of carboxylic acid groups (broad SMARTS) is 1. The number of hydrogen-bond acceptors (Lipinski definition) is 5. The average Bonchev–Trinajstić information content (AvgIpc) is 3.38. The summed E-state index contributed by atoms with van der Waals surface area (Å²) < 4.78 is 11.6. The maximum atomic E-state index is 11.1.